The van der Waals surface area contributed by atoms with Gasteiger partial charge in [-0.2, -0.15) is 5.10 Å². The summed E-state index contributed by atoms with van der Waals surface area (Å²) in [7, 11) is 0.323. The SMILES string of the molecule is COc1cc(OC)c(/C=N/Nc2ccc(S(N)(=O)=O)cc2[N+](=O)[O-])c(OC)c1. The van der Waals surface area contributed by atoms with Crippen molar-refractivity contribution < 1.29 is 27.6 Å². The Morgan fingerprint density at radius 3 is 2.18 bits per heavy atom. The zero-order valence-electron chi connectivity index (χ0n) is 15.2. The Bertz CT molecular complexity index is 997. The number of nitro groups is 1. The number of nitrogens with one attached hydrogen (secondary N) is 1. The molecule has 12 heteroatoms. The Morgan fingerprint density at radius 2 is 1.71 bits per heavy atom. The number of nitro benzene ring substituents is 1. The number of hydrogen-bond donors (Lipinski definition) is 2. The summed E-state index contributed by atoms with van der Waals surface area (Å²) in [6.45, 7) is 0. The van der Waals surface area contributed by atoms with E-state index < -0.39 is 20.6 Å². The maximum absolute atomic E-state index is 11.4. The fraction of sp³-hybridized carbons (Fsp3) is 0.188. The van der Waals surface area contributed by atoms with Gasteiger partial charge >= 0.3 is 0 Å². The van der Waals surface area contributed by atoms with Crippen molar-refractivity contribution in [1.29, 1.82) is 0 Å². The topological polar surface area (TPSA) is 155 Å². The van der Waals surface area contributed by atoms with Crippen LogP contribution in [0.2, 0.25) is 0 Å². The van der Waals surface area contributed by atoms with E-state index in [0.29, 0.717) is 22.8 Å². The van der Waals surface area contributed by atoms with Crippen LogP contribution in [0.4, 0.5) is 11.4 Å². The van der Waals surface area contributed by atoms with Gasteiger partial charge in [-0.3, -0.25) is 15.5 Å². The van der Waals surface area contributed by atoms with Crippen molar-refractivity contribution in [2.24, 2.45) is 10.2 Å². The van der Waals surface area contributed by atoms with Crippen LogP contribution in [0.1, 0.15) is 5.56 Å². The predicted molar refractivity (Wildman–Crippen MR) is 102 cm³/mol. The molecule has 28 heavy (non-hydrogen) atoms. The average molecular weight is 410 g/mol. The molecule has 0 radical (unpaired) electrons. The van der Waals surface area contributed by atoms with Crippen molar-refractivity contribution in [2.45, 2.75) is 4.90 Å². The highest BCUT2D eigenvalue weighted by atomic mass is 32.2. The number of methoxy groups -OCH3 is 3. The molecule has 0 aliphatic carbocycles. The third-order valence-corrected chi connectivity index (χ3v) is 4.54. The van der Waals surface area contributed by atoms with Crippen LogP contribution in [-0.4, -0.2) is 40.9 Å². The first kappa shape index (κ1) is 20.9. The van der Waals surface area contributed by atoms with Crippen molar-refractivity contribution in [3.63, 3.8) is 0 Å². The molecular weight excluding hydrogens is 392 g/mol. The molecule has 11 nitrogen and oxygen atoms in total. The molecule has 0 fully saturated rings. The van der Waals surface area contributed by atoms with E-state index in [-0.39, 0.29) is 10.6 Å². The van der Waals surface area contributed by atoms with Crippen LogP contribution in [0.5, 0.6) is 17.2 Å². The Hall–Kier alpha value is -3.38. The zero-order valence-corrected chi connectivity index (χ0v) is 16.0. The number of nitrogens with two attached hydrogens (primary N) is 1. The van der Waals surface area contributed by atoms with Crippen LogP contribution in [-0.2, 0) is 10.0 Å². The van der Waals surface area contributed by atoms with Crippen LogP contribution in [0, 0.1) is 10.1 Å². The van der Waals surface area contributed by atoms with Gasteiger partial charge in [-0.25, -0.2) is 13.6 Å². The summed E-state index contributed by atoms with van der Waals surface area (Å²) >= 11 is 0. The highest BCUT2D eigenvalue weighted by molar-refractivity contribution is 7.89. The Balaban J connectivity index is 2.39. The van der Waals surface area contributed by atoms with Crippen LogP contribution >= 0.6 is 0 Å². The molecule has 3 N–H and O–H groups in total. The first-order valence-electron chi connectivity index (χ1n) is 7.61. The highest BCUT2D eigenvalue weighted by Crippen LogP contribution is 2.33. The number of rotatable bonds is 8. The molecular formula is C16H18N4O7S. The highest BCUT2D eigenvalue weighted by Gasteiger charge is 2.19. The Morgan fingerprint density at radius 1 is 1.11 bits per heavy atom. The van der Waals surface area contributed by atoms with Gasteiger partial charge in [-0.05, 0) is 12.1 Å². The number of primary sulfonamides is 1. The lowest BCUT2D eigenvalue weighted by Gasteiger charge is -2.12. The number of benzene rings is 2. The Kier molecular flexibility index (Phi) is 6.38. The average Bonchev–Trinajstić information content (AvgIpc) is 2.66. The minimum atomic E-state index is -4.08. The van der Waals surface area contributed by atoms with E-state index >= 15 is 0 Å². The molecule has 0 amide bonds. The van der Waals surface area contributed by atoms with E-state index in [1.54, 1.807) is 12.1 Å². The van der Waals surface area contributed by atoms with Gasteiger partial charge in [0.05, 0.1) is 42.9 Å². The summed E-state index contributed by atoms with van der Waals surface area (Å²) in [4.78, 5) is 10.1. The molecule has 0 unspecified atom stereocenters. The van der Waals surface area contributed by atoms with Gasteiger partial charge in [0.1, 0.15) is 22.9 Å². The van der Waals surface area contributed by atoms with Crippen molar-refractivity contribution >= 4 is 27.6 Å². The van der Waals surface area contributed by atoms with Crippen molar-refractivity contribution in [1.82, 2.24) is 0 Å². The minimum absolute atomic E-state index is 0.0277. The molecule has 150 valence electrons. The summed E-state index contributed by atoms with van der Waals surface area (Å²) in [5, 5.41) is 20.2. The summed E-state index contributed by atoms with van der Waals surface area (Å²) in [5.74, 6) is 1.31. The van der Waals surface area contributed by atoms with E-state index in [9.17, 15) is 18.5 Å². The van der Waals surface area contributed by atoms with Crippen LogP contribution < -0.4 is 24.8 Å². The molecule has 2 aromatic rings. The number of nitrogens with zero attached hydrogens (tertiary/aromatic N) is 2. The van der Waals surface area contributed by atoms with Crippen LogP contribution in [0.3, 0.4) is 0 Å². The van der Waals surface area contributed by atoms with Gasteiger partial charge in [0.15, 0.2) is 0 Å². The smallest absolute Gasteiger partial charge is 0.295 e. The van der Waals surface area contributed by atoms with Gasteiger partial charge in [0.25, 0.3) is 5.69 Å². The minimum Gasteiger partial charge on any atom is -0.496 e. The molecule has 2 aromatic carbocycles. The molecule has 0 heterocycles. The molecule has 0 saturated carbocycles. The quantitative estimate of drug-likeness (QED) is 0.378. The van der Waals surface area contributed by atoms with Crippen molar-refractivity contribution in [3.8, 4) is 17.2 Å². The van der Waals surface area contributed by atoms with E-state index in [1.165, 1.54) is 33.6 Å². The number of hydrogen-bond acceptors (Lipinski definition) is 9. The molecule has 0 atom stereocenters. The maximum Gasteiger partial charge on any atom is 0.295 e. The largest absolute Gasteiger partial charge is 0.496 e. The summed E-state index contributed by atoms with van der Waals surface area (Å²) < 4.78 is 38.5. The fourth-order valence-corrected chi connectivity index (χ4v) is 2.79. The van der Waals surface area contributed by atoms with E-state index in [1.807, 2.05) is 0 Å². The molecule has 2 rings (SSSR count). The standard InChI is InChI=1S/C16H18N4O7S/c1-25-10-6-15(26-2)12(16(7-10)27-3)9-18-19-13-5-4-11(28(17,23)24)8-14(13)20(21)22/h4-9,19H,1-3H3,(H2,17,23,24)/b18-9+. The number of sulfonamides is 1. The second-order valence-corrected chi connectivity index (χ2v) is 6.86. The van der Waals surface area contributed by atoms with Crippen LogP contribution in [0.15, 0.2) is 40.3 Å². The second-order valence-electron chi connectivity index (χ2n) is 5.30. The molecule has 0 aromatic heterocycles. The fourth-order valence-electron chi connectivity index (χ4n) is 2.26. The van der Waals surface area contributed by atoms with Crippen molar-refractivity contribution in [3.05, 3.63) is 46.0 Å². The molecule has 0 bridgehead atoms. The number of hydrazone groups is 1. The lowest BCUT2D eigenvalue weighted by molar-refractivity contribution is -0.384. The van der Waals surface area contributed by atoms with Gasteiger partial charge in [-0.15, -0.1) is 0 Å². The number of ether oxygens (including phenoxy) is 3. The monoisotopic (exact) mass is 410 g/mol. The molecule has 0 saturated heterocycles. The third-order valence-electron chi connectivity index (χ3n) is 3.63. The van der Waals surface area contributed by atoms with Gasteiger partial charge in [0.2, 0.25) is 10.0 Å². The molecule has 0 spiro atoms. The van der Waals surface area contributed by atoms with Crippen molar-refractivity contribution in [2.75, 3.05) is 26.8 Å². The van der Waals surface area contributed by atoms with Crippen LogP contribution in [0.25, 0.3) is 0 Å². The summed E-state index contributed by atoms with van der Waals surface area (Å²) in [5.41, 5.74) is 2.43. The number of anilines is 1. The third kappa shape index (κ3) is 4.66. The normalized spacial score (nSPS) is 11.3. The van der Waals surface area contributed by atoms with Gasteiger partial charge in [-0.1, -0.05) is 0 Å². The Labute approximate surface area is 160 Å². The molecule has 0 aliphatic rings. The van der Waals surface area contributed by atoms with E-state index in [2.05, 4.69) is 10.5 Å². The molecule has 0 aliphatic heterocycles. The lowest BCUT2D eigenvalue weighted by atomic mass is 10.2. The van der Waals surface area contributed by atoms with E-state index in [0.717, 1.165) is 12.1 Å². The second kappa shape index (κ2) is 8.54. The zero-order chi connectivity index (χ0) is 20.9. The van der Waals surface area contributed by atoms with Gasteiger partial charge in [0, 0.05) is 18.2 Å². The summed E-state index contributed by atoms with van der Waals surface area (Å²) in [6, 6.07) is 6.41. The lowest BCUT2D eigenvalue weighted by Crippen LogP contribution is -2.12. The summed E-state index contributed by atoms with van der Waals surface area (Å²) in [6.07, 6.45) is 1.34. The maximum atomic E-state index is 11.4. The van der Waals surface area contributed by atoms with Gasteiger partial charge < -0.3 is 14.2 Å². The first-order valence-corrected chi connectivity index (χ1v) is 9.16. The van der Waals surface area contributed by atoms with E-state index in [4.69, 9.17) is 19.3 Å². The first-order chi connectivity index (χ1) is 13.2. The predicted octanol–water partition coefficient (Wildman–Crippen LogP) is 1.71.